The predicted octanol–water partition coefficient (Wildman–Crippen LogP) is 3.98. The summed E-state index contributed by atoms with van der Waals surface area (Å²) in [4.78, 5) is 2.49. The Morgan fingerprint density at radius 3 is 2.71 bits per heavy atom. The average molecular weight is 272 g/mol. The first-order chi connectivity index (χ1) is 8.24. The Bertz CT molecular complexity index is 337. The number of alkyl halides is 1. The van der Waals surface area contributed by atoms with Gasteiger partial charge in [-0.25, -0.2) is 0 Å². The smallest absolute Gasteiger partial charge is 0.0463 e. The summed E-state index contributed by atoms with van der Waals surface area (Å²) in [6.45, 7) is 3.33. The molecule has 1 heterocycles. The zero-order valence-electron chi connectivity index (χ0n) is 10.0. The van der Waals surface area contributed by atoms with E-state index in [0.29, 0.717) is 5.38 Å². The fourth-order valence-corrected chi connectivity index (χ4v) is 2.78. The van der Waals surface area contributed by atoms with Gasteiger partial charge in [0.1, 0.15) is 0 Å². The third kappa shape index (κ3) is 4.50. The van der Waals surface area contributed by atoms with Gasteiger partial charge in [-0.05, 0) is 43.5 Å². The second-order valence-corrected chi connectivity index (χ2v) is 5.82. The van der Waals surface area contributed by atoms with Crippen LogP contribution in [-0.2, 0) is 6.42 Å². The quantitative estimate of drug-likeness (QED) is 0.752. The van der Waals surface area contributed by atoms with E-state index in [1.54, 1.807) is 0 Å². The van der Waals surface area contributed by atoms with Gasteiger partial charge in [0.05, 0.1) is 0 Å². The van der Waals surface area contributed by atoms with Crippen molar-refractivity contribution < 1.29 is 0 Å². The lowest BCUT2D eigenvalue weighted by Crippen LogP contribution is -2.30. The van der Waals surface area contributed by atoms with Crippen molar-refractivity contribution >= 4 is 23.2 Å². The summed E-state index contributed by atoms with van der Waals surface area (Å²) in [5.74, 6) is 0. The van der Waals surface area contributed by atoms with Gasteiger partial charge in [0.15, 0.2) is 0 Å². The number of nitrogens with zero attached hydrogens (tertiary/aromatic N) is 1. The van der Waals surface area contributed by atoms with E-state index in [2.05, 4.69) is 17.0 Å². The van der Waals surface area contributed by atoms with Crippen LogP contribution in [0.25, 0.3) is 0 Å². The SMILES string of the molecule is Clc1ccc(CCN2CCCC[C@@H](Cl)C2)cc1. The fourth-order valence-electron chi connectivity index (χ4n) is 2.31. The predicted molar refractivity (Wildman–Crippen MR) is 75.1 cm³/mol. The second-order valence-electron chi connectivity index (χ2n) is 4.77. The van der Waals surface area contributed by atoms with Gasteiger partial charge in [-0.3, -0.25) is 0 Å². The zero-order valence-corrected chi connectivity index (χ0v) is 11.6. The van der Waals surface area contributed by atoms with Crippen molar-refractivity contribution in [2.24, 2.45) is 0 Å². The highest BCUT2D eigenvalue weighted by molar-refractivity contribution is 6.30. The third-order valence-corrected chi connectivity index (χ3v) is 3.94. The standard InChI is InChI=1S/C14H19Cl2N/c15-13-6-4-12(5-7-13)8-10-17-9-2-1-3-14(16)11-17/h4-7,14H,1-3,8-11H2/t14-/m1/s1. The van der Waals surface area contributed by atoms with Crippen molar-refractivity contribution in [2.45, 2.75) is 31.1 Å². The third-order valence-electron chi connectivity index (χ3n) is 3.33. The molecule has 0 aromatic heterocycles. The number of hydrogen-bond acceptors (Lipinski definition) is 1. The first-order valence-electron chi connectivity index (χ1n) is 6.35. The highest BCUT2D eigenvalue weighted by Crippen LogP contribution is 2.16. The summed E-state index contributed by atoms with van der Waals surface area (Å²) < 4.78 is 0. The molecule has 3 heteroatoms. The molecule has 1 atom stereocenters. The van der Waals surface area contributed by atoms with Crippen LogP contribution in [0.3, 0.4) is 0 Å². The van der Waals surface area contributed by atoms with Crippen LogP contribution >= 0.6 is 23.2 Å². The van der Waals surface area contributed by atoms with E-state index >= 15 is 0 Å². The first kappa shape index (κ1) is 13.2. The number of benzene rings is 1. The molecule has 0 amide bonds. The molecule has 0 aliphatic carbocycles. The van der Waals surface area contributed by atoms with Gasteiger partial charge in [0, 0.05) is 23.5 Å². The molecule has 0 radical (unpaired) electrons. The lowest BCUT2D eigenvalue weighted by Gasteiger charge is -2.21. The summed E-state index contributed by atoms with van der Waals surface area (Å²) in [5, 5.41) is 1.15. The molecule has 2 rings (SSSR count). The van der Waals surface area contributed by atoms with Gasteiger partial charge in [0.25, 0.3) is 0 Å². The molecule has 1 aromatic carbocycles. The molecule has 1 aliphatic rings. The van der Waals surface area contributed by atoms with E-state index in [0.717, 1.165) is 24.5 Å². The Hall–Kier alpha value is -0.240. The highest BCUT2D eigenvalue weighted by Gasteiger charge is 2.15. The number of likely N-dealkylation sites (tertiary alicyclic amines) is 1. The first-order valence-corrected chi connectivity index (χ1v) is 7.16. The molecule has 1 aliphatic heterocycles. The summed E-state index contributed by atoms with van der Waals surface area (Å²) >= 11 is 12.1. The van der Waals surface area contributed by atoms with Crippen LogP contribution in [0.2, 0.25) is 5.02 Å². The lowest BCUT2D eigenvalue weighted by atomic mass is 10.1. The molecule has 0 bridgehead atoms. The molecule has 0 unspecified atom stereocenters. The van der Waals surface area contributed by atoms with Crippen molar-refractivity contribution in [3.8, 4) is 0 Å². The van der Waals surface area contributed by atoms with Crippen molar-refractivity contribution in [1.29, 1.82) is 0 Å². The van der Waals surface area contributed by atoms with E-state index in [1.807, 2.05) is 12.1 Å². The monoisotopic (exact) mass is 271 g/mol. The number of rotatable bonds is 3. The van der Waals surface area contributed by atoms with Crippen molar-refractivity contribution in [3.63, 3.8) is 0 Å². The maximum absolute atomic E-state index is 6.26. The zero-order chi connectivity index (χ0) is 12.1. The lowest BCUT2D eigenvalue weighted by molar-refractivity contribution is 0.290. The van der Waals surface area contributed by atoms with Gasteiger partial charge in [-0.2, -0.15) is 0 Å². The Morgan fingerprint density at radius 1 is 1.18 bits per heavy atom. The van der Waals surface area contributed by atoms with Crippen LogP contribution < -0.4 is 0 Å². The van der Waals surface area contributed by atoms with Gasteiger partial charge < -0.3 is 4.90 Å². The van der Waals surface area contributed by atoms with Crippen LogP contribution in [0.5, 0.6) is 0 Å². The van der Waals surface area contributed by atoms with Gasteiger partial charge in [0.2, 0.25) is 0 Å². The van der Waals surface area contributed by atoms with Crippen LogP contribution in [0.4, 0.5) is 0 Å². The molecule has 17 heavy (non-hydrogen) atoms. The van der Waals surface area contributed by atoms with E-state index in [-0.39, 0.29) is 0 Å². The van der Waals surface area contributed by atoms with Crippen molar-refractivity contribution in [2.75, 3.05) is 19.6 Å². The molecule has 0 spiro atoms. The molecule has 1 aromatic rings. The van der Waals surface area contributed by atoms with Gasteiger partial charge in [-0.15, -0.1) is 11.6 Å². The minimum absolute atomic E-state index is 0.336. The minimum atomic E-state index is 0.336. The normalized spacial score (nSPS) is 22.4. The maximum atomic E-state index is 6.26. The fraction of sp³-hybridized carbons (Fsp3) is 0.571. The number of hydrogen-bond donors (Lipinski definition) is 0. The molecule has 1 fully saturated rings. The molecule has 0 N–H and O–H groups in total. The summed E-state index contributed by atoms with van der Waals surface area (Å²) in [7, 11) is 0. The number of halogens is 2. The van der Waals surface area contributed by atoms with E-state index in [9.17, 15) is 0 Å². The largest absolute Gasteiger partial charge is 0.302 e. The average Bonchev–Trinajstić information content (AvgIpc) is 2.53. The van der Waals surface area contributed by atoms with Crippen LogP contribution in [0.15, 0.2) is 24.3 Å². The molecule has 1 nitrogen and oxygen atoms in total. The summed E-state index contributed by atoms with van der Waals surface area (Å²) in [5.41, 5.74) is 1.35. The van der Waals surface area contributed by atoms with Crippen LogP contribution in [-0.4, -0.2) is 29.9 Å². The minimum Gasteiger partial charge on any atom is -0.302 e. The topological polar surface area (TPSA) is 3.24 Å². The van der Waals surface area contributed by atoms with E-state index < -0.39 is 0 Å². The van der Waals surface area contributed by atoms with Crippen molar-refractivity contribution in [3.05, 3.63) is 34.9 Å². The van der Waals surface area contributed by atoms with Crippen LogP contribution in [0, 0.1) is 0 Å². The Morgan fingerprint density at radius 2 is 1.94 bits per heavy atom. The van der Waals surface area contributed by atoms with Gasteiger partial charge in [-0.1, -0.05) is 30.2 Å². The molecular weight excluding hydrogens is 253 g/mol. The maximum Gasteiger partial charge on any atom is 0.0463 e. The Kier molecular flexibility index (Phi) is 5.15. The second kappa shape index (κ2) is 6.63. The highest BCUT2D eigenvalue weighted by atomic mass is 35.5. The summed E-state index contributed by atoms with van der Waals surface area (Å²) in [6, 6.07) is 8.14. The molecule has 1 saturated heterocycles. The summed E-state index contributed by atoms with van der Waals surface area (Å²) in [6.07, 6.45) is 4.80. The molecule has 0 saturated carbocycles. The van der Waals surface area contributed by atoms with Crippen molar-refractivity contribution in [1.82, 2.24) is 4.90 Å². The van der Waals surface area contributed by atoms with E-state index in [4.69, 9.17) is 23.2 Å². The Balaban J connectivity index is 1.82. The molecule has 94 valence electrons. The Labute approximate surface area is 114 Å². The van der Waals surface area contributed by atoms with E-state index in [1.165, 1.54) is 31.4 Å². The molecular formula is C14H19Cl2N. The van der Waals surface area contributed by atoms with Crippen LogP contribution in [0.1, 0.15) is 24.8 Å². The van der Waals surface area contributed by atoms with Gasteiger partial charge >= 0.3 is 0 Å².